The first-order valence-corrected chi connectivity index (χ1v) is 18.3. The summed E-state index contributed by atoms with van der Waals surface area (Å²) < 4.78 is 22.0. The number of aliphatic carboxylic acids is 2. The van der Waals surface area contributed by atoms with E-state index in [1.165, 1.54) is 19.3 Å². The topological polar surface area (TPSA) is 128 Å². The lowest BCUT2D eigenvalue weighted by atomic mass is 9.63. The Hall–Kier alpha value is -3.60. The van der Waals surface area contributed by atoms with Gasteiger partial charge in [-0.15, -0.1) is 0 Å². The van der Waals surface area contributed by atoms with Crippen molar-refractivity contribution in [3.05, 3.63) is 87.4 Å². The highest BCUT2D eigenvalue weighted by atomic mass is 35.5. The second-order valence-corrected chi connectivity index (χ2v) is 16.7. The number of allylic oxidation sites excluding steroid dienone is 2. The third-order valence-electron chi connectivity index (χ3n) is 11.4. The number of nitrogens with zero attached hydrogens (tertiary/aromatic N) is 1. The first kappa shape index (κ1) is 37.2. The molecule has 2 aliphatic carbocycles. The smallest absolute Gasteiger partial charge is 0.333 e. The number of hydrogen-bond donors (Lipinski definition) is 4. The largest absolute Gasteiger partial charge is 0.501 e. The SMILES string of the molecule is COC1=CC=CC(NC(=O)[C@H]2[C@H](c3cccc(Cl)c3F)[C@]3(CNc4ccc(Cl)cc43)[C@H](CC(C)(C)C)N2CC2CCC(C(=O)O)CC2)(C(=O)O)C1. The van der Waals surface area contributed by atoms with E-state index in [4.69, 9.17) is 27.9 Å². The van der Waals surface area contributed by atoms with Gasteiger partial charge in [-0.05, 0) is 91.0 Å². The Morgan fingerprint density at radius 2 is 1.82 bits per heavy atom. The van der Waals surface area contributed by atoms with Crippen LogP contribution in [-0.4, -0.2) is 70.8 Å². The van der Waals surface area contributed by atoms with Crippen LogP contribution in [0.25, 0.3) is 0 Å². The maximum absolute atomic E-state index is 16.6. The maximum Gasteiger partial charge on any atom is 0.333 e. The number of likely N-dealkylation sites (tertiary alicyclic amines) is 1. The number of benzene rings is 2. The number of carboxylic acids is 2. The third-order valence-corrected chi connectivity index (χ3v) is 12.0. The molecule has 0 radical (unpaired) electrons. The lowest BCUT2D eigenvalue weighted by molar-refractivity contribution is -0.147. The summed E-state index contributed by atoms with van der Waals surface area (Å²) in [5.41, 5.74) is -1.03. The lowest BCUT2D eigenvalue weighted by Gasteiger charge is -2.42. The van der Waals surface area contributed by atoms with Crippen LogP contribution in [0.5, 0.6) is 0 Å². The van der Waals surface area contributed by atoms with Crippen molar-refractivity contribution >= 4 is 46.7 Å². The zero-order chi connectivity index (χ0) is 36.9. The van der Waals surface area contributed by atoms with Crippen LogP contribution in [0, 0.1) is 23.1 Å². The summed E-state index contributed by atoms with van der Waals surface area (Å²) in [5.74, 6) is -4.06. The van der Waals surface area contributed by atoms with Gasteiger partial charge in [-0.3, -0.25) is 14.5 Å². The number of anilines is 1. The average Bonchev–Trinajstić information content (AvgIpc) is 3.57. The number of carboxylic acid groups (broad SMARTS) is 2. The van der Waals surface area contributed by atoms with E-state index in [9.17, 15) is 19.8 Å². The zero-order valence-corrected chi connectivity index (χ0v) is 30.9. The molecule has 1 saturated heterocycles. The van der Waals surface area contributed by atoms with Gasteiger partial charge in [-0.2, -0.15) is 0 Å². The molecule has 6 rings (SSSR count). The second-order valence-electron chi connectivity index (χ2n) is 15.8. The van der Waals surface area contributed by atoms with E-state index >= 15 is 9.18 Å². The summed E-state index contributed by atoms with van der Waals surface area (Å²) in [6.45, 7) is 7.19. The second kappa shape index (κ2) is 14.1. The van der Waals surface area contributed by atoms with Gasteiger partial charge in [0.2, 0.25) is 5.91 Å². The van der Waals surface area contributed by atoms with Crippen LogP contribution < -0.4 is 10.6 Å². The first-order valence-electron chi connectivity index (χ1n) is 17.5. The summed E-state index contributed by atoms with van der Waals surface area (Å²) in [7, 11) is 1.45. The van der Waals surface area contributed by atoms with Gasteiger partial charge in [0.05, 0.1) is 29.9 Å². The minimum atomic E-state index is -1.82. The van der Waals surface area contributed by atoms with Crippen molar-refractivity contribution in [2.45, 2.75) is 88.3 Å². The molecule has 9 nitrogen and oxygen atoms in total. The number of rotatable bonds is 9. The van der Waals surface area contributed by atoms with E-state index < -0.39 is 52.5 Å². The number of halogens is 3. The molecule has 0 aromatic heterocycles. The number of ether oxygens (including phenoxy) is 1. The van der Waals surface area contributed by atoms with E-state index in [1.54, 1.807) is 30.4 Å². The van der Waals surface area contributed by atoms with E-state index in [1.807, 2.05) is 12.1 Å². The molecule has 1 saturated carbocycles. The van der Waals surface area contributed by atoms with Crippen LogP contribution in [0.1, 0.15) is 76.3 Å². The van der Waals surface area contributed by atoms with E-state index in [2.05, 4.69) is 36.3 Å². The normalized spacial score (nSPS) is 30.4. The van der Waals surface area contributed by atoms with E-state index in [0.717, 1.165) is 11.3 Å². The number of carbonyl (C=O) groups is 3. The Morgan fingerprint density at radius 3 is 2.47 bits per heavy atom. The minimum absolute atomic E-state index is 0.0533. The summed E-state index contributed by atoms with van der Waals surface area (Å²) in [4.78, 5) is 42.3. The van der Waals surface area contributed by atoms with Gasteiger partial charge in [0.15, 0.2) is 5.54 Å². The summed E-state index contributed by atoms with van der Waals surface area (Å²) in [5, 5.41) is 27.2. The third kappa shape index (κ3) is 6.87. The molecule has 51 heavy (non-hydrogen) atoms. The molecule has 2 aliphatic heterocycles. The van der Waals surface area contributed by atoms with Gasteiger partial charge in [0.1, 0.15) is 5.82 Å². The Bertz CT molecular complexity index is 1770. The molecular formula is C39H46Cl2FN3O6. The summed E-state index contributed by atoms with van der Waals surface area (Å²) in [6.07, 6.45) is 7.50. The fourth-order valence-corrected chi connectivity index (χ4v) is 9.44. The first-order chi connectivity index (χ1) is 24.1. The van der Waals surface area contributed by atoms with Gasteiger partial charge >= 0.3 is 11.9 Å². The van der Waals surface area contributed by atoms with Crippen molar-refractivity contribution < 1.29 is 33.7 Å². The van der Waals surface area contributed by atoms with Crippen molar-refractivity contribution in [1.82, 2.24) is 10.2 Å². The fraction of sp³-hybridized carbons (Fsp3) is 0.513. The molecule has 1 unspecified atom stereocenters. The lowest BCUT2D eigenvalue weighted by Crippen LogP contribution is -2.59. The molecule has 5 atom stereocenters. The van der Waals surface area contributed by atoms with Crippen molar-refractivity contribution in [2.24, 2.45) is 17.3 Å². The van der Waals surface area contributed by atoms with Crippen LogP contribution in [0.3, 0.4) is 0 Å². The summed E-state index contributed by atoms with van der Waals surface area (Å²) >= 11 is 13.2. The highest BCUT2D eigenvalue weighted by molar-refractivity contribution is 6.31. The van der Waals surface area contributed by atoms with E-state index in [0.29, 0.717) is 56.0 Å². The summed E-state index contributed by atoms with van der Waals surface area (Å²) in [6, 6.07) is 9.03. The number of hydrogen-bond acceptors (Lipinski definition) is 6. The number of carbonyl (C=O) groups excluding carboxylic acids is 1. The quantitative estimate of drug-likeness (QED) is 0.210. The van der Waals surface area contributed by atoms with Crippen LogP contribution >= 0.6 is 23.2 Å². The van der Waals surface area contributed by atoms with Crippen molar-refractivity contribution in [1.29, 1.82) is 0 Å². The Morgan fingerprint density at radius 1 is 1.10 bits per heavy atom. The molecule has 2 heterocycles. The highest BCUT2D eigenvalue weighted by Crippen LogP contribution is 2.60. The standard InChI is InChI=1S/C39H46Cl2FN3O6/c1-37(2,3)19-30-39(21-43-29-15-14-24(40)17-27(29)39)31(26-8-5-9-28(41)32(26)42)33(45(30)20-22-10-12-23(13-11-22)35(47)48)34(46)44-38(36(49)50)16-6-7-25(18-38)51-4/h5-9,14-17,22-23,30-31,33,43H,10-13,18-21H2,1-4H3,(H,44,46)(H,47,48)(H,49,50)/t22?,23?,30-,31-,33+,38?,39-/m0/s1. The fourth-order valence-electron chi connectivity index (χ4n) is 9.09. The predicted molar refractivity (Wildman–Crippen MR) is 195 cm³/mol. The molecule has 4 N–H and O–H groups in total. The molecule has 12 heteroatoms. The maximum atomic E-state index is 16.6. The Balaban J connectivity index is 1.57. The average molecular weight is 743 g/mol. The number of nitrogens with one attached hydrogen (secondary N) is 2. The van der Waals surface area contributed by atoms with Gasteiger partial charge in [0.25, 0.3) is 0 Å². The molecule has 2 aromatic rings. The van der Waals surface area contributed by atoms with Gasteiger partial charge < -0.3 is 25.6 Å². The molecule has 274 valence electrons. The van der Waals surface area contributed by atoms with Crippen molar-refractivity contribution in [3.63, 3.8) is 0 Å². The van der Waals surface area contributed by atoms with Crippen molar-refractivity contribution in [3.8, 4) is 0 Å². The predicted octanol–water partition coefficient (Wildman–Crippen LogP) is 7.39. The minimum Gasteiger partial charge on any atom is -0.501 e. The Labute approximate surface area is 308 Å². The zero-order valence-electron chi connectivity index (χ0n) is 29.3. The molecule has 4 aliphatic rings. The Kier molecular flexibility index (Phi) is 10.3. The monoisotopic (exact) mass is 741 g/mol. The number of amides is 1. The molecule has 1 spiro atoms. The van der Waals surface area contributed by atoms with E-state index in [-0.39, 0.29) is 34.4 Å². The number of methoxy groups -OCH3 is 1. The van der Waals surface area contributed by atoms with Crippen LogP contribution in [0.2, 0.25) is 10.0 Å². The highest BCUT2D eigenvalue weighted by Gasteiger charge is 2.65. The van der Waals surface area contributed by atoms with Crippen LogP contribution in [0.15, 0.2) is 60.4 Å². The molecular weight excluding hydrogens is 696 g/mol. The van der Waals surface area contributed by atoms with Gasteiger partial charge in [-0.1, -0.05) is 62.2 Å². The van der Waals surface area contributed by atoms with Crippen molar-refractivity contribution in [2.75, 3.05) is 25.5 Å². The molecule has 2 fully saturated rings. The molecule has 2 aromatic carbocycles. The van der Waals surface area contributed by atoms with Crippen LogP contribution in [0.4, 0.5) is 10.1 Å². The number of fused-ring (bicyclic) bond motifs is 2. The molecule has 1 amide bonds. The van der Waals surface area contributed by atoms with Crippen LogP contribution in [-0.2, 0) is 24.5 Å². The molecule has 0 bridgehead atoms. The van der Waals surface area contributed by atoms with Gasteiger partial charge in [-0.25, -0.2) is 9.18 Å². The van der Waals surface area contributed by atoms with Gasteiger partial charge in [0, 0.05) is 47.6 Å².